The van der Waals surface area contributed by atoms with E-state index in [9.17, 15) is 4.79 Å². The fourth-order valence-electron chi connectivity index (χ4n) is 2.62. The molecule has 2 fully saturated rings. The van der Waals surface area contributed by atoms with Crippen molar-refractivity contribution >= 4 is 5.91 Å². The van der Waals surface area contributed by atoms with Gasteiger partial charge in [-0.1, -0.05) is 0 Å². The van der Waals surface area contributed by atoms with Gasteiger partial charge in [0.2, 0.25) is 5.91 Å². The summed E-state index contributed by atoms with van der Waals surface area (Å²) >= 11 is 0. The van der Waals surface area contributed by atoms with Gasteiger partial charge in [-0.2, -0.15) is 0 Å². The average Bonchev–Trinajstić information content (AvgIpc) is 2.25. The maximum absolute atomic E-state index is 11.3. The fourth-order valence-corrected chi connectivity index (χ4v) is 2.62. The van der Waals surface area contributed by atoms with Gasteiger partial charge in [0.15, 0.2) is 0 Å². The summed E-state index contributed by atoms with van der Waals surface area (Å²) in [5, 5.41) is 6.14. The van der Waals surface area contributed by atoms with Crippen molar-refractivity contribution in [2.75, 3.05) is 19.7 Å². The molecule has 1 atom stereocenters. The third kappa shape index (κ3) is 2.74. The Kier molecular flexibility index (Phi) is 3.82. The predicted molar refractivity (Wildman–Crippen MR) is 62.2 cm³/mol. The van der Waals surface area contributed by atoms with Crippen LogP contribution in [0.3, 0.4) is 0 Å². The van der Waals surface area contributed by atoms with Gasteiger partial charge in [-0.15, -0.1) is 0 Å². The van der Waals surface area contributed by atoms with Crippen LogP contribution in [0.25, 0.3) is 0 Å². The molecule has 4 nitrogen and oxygen atoms in total. The molecular formula is C12H22N2O2. The quantitative estimate of drug-likeness (QED) is 0.746. The van der Waals surface area contributed by atoms with Crippen molar-refractivity contribution in [3.63, 3.8) is 0 Å². The third-order valence-electron chi connectivity index (χ3n) is 3.68. The lowest BCUT2D eigenvalue weighted by Gasteiger charge is -2.47. The Hall–Kier alpha value is -0.610. The maximum atomic E-state index is 11.3. The Labute approximate surface area is 97.1 Å². The van der Waals surface area contributed by atoms with Crippen molar-refractivity contribution in [3.05, 3.63) is 0 Å². The largest absolute Gasteiger partial charge is 0.375 e. The molecule has 1 spiro atoms. The minimum absolute atomic E-state index is 0.0941. The van der Waals surface area contributed by atoms with Gasteiger partial charge in [-0.3, -0.25) is 4.79 Å². The summed E-state index contributed by atoms with van der Waals surface area (Å²) in [7, 11) is 0. The Morgan fingerprint density at radius 1 is 1.50 bits per heavy atom. The fraction of sp³-hybridized carbons (Fsp3) is 0.917. The van der Waals surface area contributed by atoms with Crippen molar-refractivity contribution < 1.29 is 9.53 Å². The summed E-state index contributed by atoms with van der Waals surface area (Å²) in [4.78, 5) is 11.3. The van der Waals surface area contributed by atoms with Gasteiger partial charge >= 0.3 is 0 Å². The van der Waals surface area contributed by atoms with E-state index in [-0.39, 0.29) is 11.5 Å². The molecule has 4 heteroatoms. The molecule has 1 unspecified atom stereocenters. The average molecular weight is 226 g/mol. The molecule has 0 aromatic rings. The molecule has 2 N–H and O–H groups in total. The molecule has 1 saturated carbocycles. The van der Waals surface area contributed by atoms with Crippen molar-refractivity contribution in [1.29, 1.82) is 0 Å². The molecule has 0 aromatic heterocycles. The second-order valence-corrected chi connectivity index (χ2v) is 4.91. The smallest absolute Gasteiger partial charge is 0.233 e. The third-order valence-corrected chi connectivity index (χ3v) is 3.68. The van der Waals surface area contributed by atoms with Gasteiger partial charge in [0.1, 0.15) is 0 Å². The van der Waals surface area contributed by atoms with Crippen molar-refractivity contribution in [3.8, 4) is 0 Å². The van der Waals surface area contributed by atoms with Crippen LogP contribution in [0.5, 0.6) is 0 Å². The lowest BCUT2D eigenvalue weighted by Crippen LogP contribution is -2.52. The van der Waals surface area contributed by atoms with E-state index in [1.807, 2.05) is 6.92 Å². The number of ether oxygens (including phenoxy) is 1. The highest BCUT2D eigenvalue weighted by Gasteiger charge is 2.42. The van der Waals surface area contributed by atoms with Gasteiger partial charge in [-0.25, -0.2) is 0 Å². The minimum Gasteiger partial charge on any atom is -0.375 e. The molecule has 1 aliphatic carbocycles. The van der Waals surface area contributed by atoms with E-state index in [1.54, 1.807) is 0 Å². The number of rotatable bonds is 4. The monoisotopic (exact) mass is 226 g/mol. The van der Waals surface area contributed by atoms with Gasteiger partial charge < -0.3 is 15.4 Å². The van der Waals surface area contributed by atoms with Crippen LogP contribution >= 0.6 is 0 Å². The lowest BCUT2D eigenvalue weighted by molar-refractivity contribution is -0.137. The van der Waals surface area contributed by atoms with E-state index in [1.165, 1.54) is 19.3 Å². The molecule has 92 valence electrons. The van der Waals surface area contributed by atoms with Crippen molar-refractivity contribution in [1.82, 2.24) is 10.6 Å². The number of amides is 1. The van der Waals surface area contributed by atoms with Crippen LogP contribution in [-0.4, -0.2) is 37.2 Å². The second-order valence-electron chi connectivity index (χ2n) is 4.91. The van der Waals surface area contributed by atoms with Crippen LogP contribution in [-0.2, 0) is 9.53 Å². The molecule has 1 saturated heterocycles. The molecule has 1 heterocycles. The standard InChI is InChI=1S/C12H22N2O2/c1-2-13-11(15)9-14-10-4-7-16-12(8-10)5-3-6-12/h10,14H,2-9H2,1H3,(H,13,15). The van der Waals surface area contributed by atoms with Crippen LogP contribution in [0.4, 0.5) is 0 Å². The van der Waals surface area contributed by atoms with Crippen LogP contribution in [0, 0.1) is 0 Å². The number of carbonyl (C=O) groups is 1. The zero-order chi connectivity index (χ0) is 11.4. The summed E-state index contributed by atoms with van der Waals surface area (Å²) < 4.78 is 5.85. The number of hydrogen-bond acceptors (Lipinski definition) is 3. The van der Waals surface area contributed by atoms with Crippen LogP contribution < -0.4 is 10.6 Å². The van der Waals surface area contributed by atoms with Crippen LogP contribution in [0.1, 0.15) is 39.0 Å². The second kappa shape index (κ2) is 5.15. The number of hydrogen-bond donors (Lipinski definition) is 2. The van der Waals surface area contributed by atoms with E-state index in [0.717, 1.165) is 19.4 Å². The van der Waals surface area contributed by atoms with Crippen LogP contribution in [0.2, 0.25) is 0 Å². The first kappa shape index (κ1) is 11.9. The molecular weight excluding hydrogens is 204 g/mol. The summed E-state index contributed by atoms with van der Waals surface area (Å²) in [6.07, 6.45) is 5.80. The van der Waals surface area contributed by atoms with Gasteiger partial charge in [0.25, 0.3) is 0 Å². The first-order valence-corrected chi connectivity index (χ1v) is 6.38. The highest BCUT2D eigenvalue weighted by molar-refractivity contribution is 5.77. The molecule has 0 bridgehead atoms. The number of likely N-dealkylation sites (N-methyl/N-ethyl adjacent to an activating group) is 1. The van der Waals surface area contributed by atoms with E-state index in [4.69, 9.17) is 4.74 Å². The van der Waals surface area contributed by atoms with Crippen molar-refractivity contribution in [2.45, 2.75) is 50.7 Å². The summed E-state index contributed by atoms with van der Waals surface area (Å²) in [6.45, 7) is 3.93. The molecule has 2 rings (SSSR count). The Morgan fingerprint density at radius 2 is 2.31 bits per heavy atom. The zero-order valence-electron chi connectivity index (χ0n) is 10.1. The van der Waals surface area contributed by atoms with Gasteiger partial charge in [0.05, 0.1) is 12.1 Å². The maximum Gasteiger partial charge on any atom is 0.233 e. The molecule has 0 radical (unpaired) electrons. The lowest BCUT2D eigenvalue weighted by atomic mass is 9.74. The number of nitrogens with one attached hydrogen (secondary N) is 2. The highest BCUT2D eigenvalue weighted by atomic mass is 16.5. The normalized spacial score (nSPS) is 27.4. The number of carbonyl (C=O) groups excluding carboxylic acids is 1. The first-order chi connectivity index (χ1) is 7.74. The van der Waals surface area contributed by atoms with Crippen LogP contribution in [0.15, 0.2) is 0 Å². The van der Waals surface area contributed by atoms with E-state index in [2.05, 4.69) is 10.6 Å². The SMILES string of the molecule is CCNC(=O)CNC1CCOC2(CCC2)C1. The van der Waals surface area contributed by atoms with E-state index in [0.29, 0.717) is 19.1 Å². The predicted octanol–water partition coefficient (Wildman–Crippen LogP) is 0.814. The molecule has 16 heavy (non-hydrogen) atoms. The molecule has 1 amide bonds. The molecule has 0 aromatic carbocycles. The summed E-state index contributed by atoms with van der Waals surface area (Å²) in [5.74, 6) is 0.0941. The van der Waals surface area contributed by atoms with Gasteiger partial charge in [-0.05, 0) is 39.0 Å². The zero-order valence-corrected chi connectivity index (χ0v) is 10.1. The molecule has 1 aliphatic heterocycles. The van der Waals surface area contributed by atoms with Crippen molar-refractivity contribution in [2.24, 2.45) is 0 Å². The Balaban J connectivity index is 1.71. The van der Waals surface area contributed by atoms with E-state index < -0.39 is 0 Å². The topological polar surface area (TPSA) is 50.4 Å². The summed E-state index contributed by atoms with van der Waals surface area (Å²) in [6, 6.07) is 0.455. The van der Waals surface area contributed by atoms with Gasteiger partial charge in [0, 0.05) is 19.2 Å². The summed E-state index contributed by atoms with van der Waals surface area (Å²) in [5.41, 5.74) is 0.164. The molecule has 2 aliphatic rings. The minimum atomic E-state index is 0.0941. The highest BCUT2D eigenvalue weighted by Crippen LogP contribution is 2.42. The van der Waals surface area contributed by atoms with E-state index >= 15 is 0 Å². The first-order valence-electron chi connectivity index (χ1n) is 6.38. The Morgan fingerprint density at radius 3 is 2.94 bits per heavy atom. The Bertz CT molecular complexity index is 251.